The van der Waals surface area contributed by atoms with Crippen LogP contribution in [-0.4, -0.2) is 19.1 Å². The summed E-state index contributed by atoms with van der Waals surface area (Å²) in [5, 5.41) is 3.14. The van der Waals surface area contributed by atoms with Crippen LogP contribution in [0.15, 0.2) is 18.2 Å². The number of nitrogens with one attached hydrogen (secondary N) is 1. The molecule has 0 unspecified atom stereocenters. The predicted octanol–water partition coefficient (Wildman–Crippen LogP) is 1.43. The fraction of sp³-hybridized carbons (Fsp3) is 0.400. The molecule has 0 amide bonds. The van der Waals surface area contributed by atoms with E-state index in [1.54, 1.807) is 0 Å². The summed E-state index contributed by atoms with van der Waals surface area (Å²) in [5.74, 6) is 2.36. The third kappa shape index (κ3) is 2.13. The van der Waals surface area contributed by atoms with Crippen LogP contribution in [0.25, 0.3) is 0 Å². The van der Waals surface area contributed by atoms with Crippen LogP contribution in [0.5, 0.6) is 11.5 Å². The highest BCUT2D eigenvalue weighted by molar-refractivity contribution is 7.80. The van der Waals surface area contributed by atoms with Crippen LogP contribution in [0.4, 0.5) is 0 Å². The second-order valence-electron chi connectivity index (χ2n) is 3.06. The standard InChI is InChI=1S/C10H13NO2S/c14-7-11-6-8-1-2-9-10(5-8)13-4-3-12-9/h1-2,5,11,14H,3-4,6-7H2. The van der Waals surface area contributed by atoms with Gasteiger partial charge in [0.25, 0.3) is 0 Å². The average molecular weight is 211 g/mol. The quantitative estimate of drug-likeness (QED) is 0.586. The maximum absolute atomic E-state index is 5.47. The summed E-state index contributed by atoms with van der Waals surface area (Å²) < 4.78 is 10.9. The van der Waals surface area contributed by atoms with Gasteiger partial charge in [-0.05, 0) is 17.7 Å². The van der Waals surface area contributed by atoms with E-state index < -0.39 is 0 Å². The van der Waals surface area contributed by atoms with Gasteiger partial charge in [-0.3, -0.25) is 0 Å². The van der Waals surface area contributed by atoms with Gasteiger partial charge in [-0.2, -0.15) is 12.6 Å². The first-order valence-electron chi connectivity index (χ1n) is 4.60. The second kappa shape index (κ2) is 4.57. The molecule has 0 saturated carbocycles. The van der Waals surface area contributed by atoms with E-state index in [2.05, 4.69) is 17.9 Å². The lowest BCUT2D eigenvalue weighted by atomic mass is 10.2. The summed E-state index contributed by atoms with van der Waals surface area (Å²) in [6.45, 7) is 2.08. The van der Waals surface area contributed by atoms with Crippen molar-refractivity contribution in [2.24, 2.45) is 0 Å². The summed E-state index contributed by atoms with van der Waals surface area (Å²) in [5.41, 5.74) is 1.18. The molecule has 1 aliphatic heterocycles. The molecule has 0 saturated heterocycles. The zero-order chi connectivity index (χ0) is 9.80. The van der Waals surface area contributed by atoms with Crippen LogP contribution >= 0.6 is 12.6 Å². The normalized spacial score (nSPS) is 14.1. The minimum absolute atomic E-state index is 0.635. The van der Waals surface area contributed by atoms with Crippen molar-refractivity contribution in [1.82, 2.24) is 5.32 Å². The molecule has 1 aromatic rings. The maximum atomic E-state index is 5.47. The maximum Gasteiger partial charge on any atom is 0.161 e. The Labute approximate surface area is 88.8 Å². The molecule has 0 atom stereocenters. The van der Waals surface area contributed by atoms with Gasteiger partial charge in [0, 0.05) is 12.4 Å². The molecule has 0 spiro atoms. The van der Waals surface area contributed by atoms with Gasteiger partial charge in [-0.25, -0.2) is 0 Å². The lowest BCUT2D eigenvalue weighted by Crippen LogP contribution is -2.16. The third-order valence-electron chi connectivity index (χ3n) is 2.05. The van der Waals surface area contributed by atoms with Gasteiger partial charge >= 0.3 is 0 Å². The molecule has 0 aliphatic carbocycles. The Morgan fingerprint density at radius 2 is 2.00 bits per heavy atom. The number of thiol groups is 1. The highest BCUT2D eigenvalue weighted by Gasteiger charge is 2.10. The van der Waals surface area contributed by atoms with E-state index in [-0.39, 0.29) is 0 Å². The smallest absolute Gasteiger partial charge is 0.161 e. The van der Waals surface area contributed by atoms with Crippen molar-refractivity contribution in [2.45, 2.75) is 6.54 Å². The molecule has 1 aromatic carbocycles. The Bertz CT molecular complexity index is 317. The molecular weight excluding hydrogens is 198 g/mol. The minimum atomic E-state index is 0.635. The van der Waals surface area contributed by atoms with Crippen molar-refractivity contribution in [2.75, 3.05) is 19.1 Å². The molecule has 1 aliphatic rings. The minimum Gasteiger partial charge on any atom is -0.486 e. The first-order chi connectivity index (χ1) is 6.90. The Morgan fingerprint density at radius 1 is 1.21 bits per heavy atom. The van der Waals surface area contributed by atoms with Crippen LogP contribution in [0.3, 0.4) is 0 Å². The van der Waals surface area contributed by atoms with Crippen LogP contribution in [0, 0.1) is 0 Å². The highest BCUT2D eigenvalue weighted by Crippen LogP contribution is 2.30. The van der Waals surface area contributed by atoms with Gasteiger partial charge in [0.2, 0.25) is 0 Å². The zero-order valence-electron chi connectivity index (χ0n) is 7.82. The van der Waals surface area contributed by atoms with Crippen molar-refractivity contribution >= 4 is 12.6 Å². The van der Waals surface area contributed by atoms with Gasteiger partial charge in [0.05, 0.1) is 0 Å². The zero-order valence-corrected chi connectivity index (χ0v) is 8.72. The highest BCUT2D eigenvalue weighted by atomic mass is 32.1. The summed E-state index contributed by atoms with van der Waals surface area (Å²) in [6.07, 6.45) is 0. The topological polar surface area (TPSA) is 30.5 Å². The Morgan fingerprint density at radius 3 is 2.79 bits per heavy atom. The second-order valence-corrected chi connectivity index (χ2v) is 3.38. The summed E-state index contributed by atoms with van der Waals surface area (Å²) >= 11 is 4.08. The average Bonchev–Trinajstić information content (AvgIpc) is 2.26. The molecule has 0 bridgehead atoms. The van der Waals surface area contributed by atoms with Crippen LogP contribution in [0.1, 0.15) is 5.56 Å². The SMILES string of the molecule is SCNCc1ccc2c(c1)OCCO2. The molecule has 0 aromatic heterocycles. The van der Waals surface area contributed by atoms with Crippen LogP contribution in [-0.2, 0) is 6.54 Å². The molecular formula is C10H13NO2S. The summed E-state index contributed by atoms with van der Waals surface area (Å²) in [6, 6.07) is 5.99. The molecule has 2 rings (SSSR count). The molecule has 76 valence electrons. The lowest BCUT2D eigenvalue weighted by Gasteiger charge is -2.18. The lowest BCUT2D eigenvalue weighted by molar-refractivity contribution is 0.171. The number of ether oxygens (including phenoxy) is 2. The van der Waals surface area contributed by atoms with Gasteiger partial charge in [0.15, 0.2) is 11.5 Å². The number of hydrogen-bond donors (Lipinski definition) is 2. The molecule has 4 heteroatoms. The van der Waals surface area contributed by atoms with E-state index in [9.17, 15) is 0 Å². The van der Waals surface area contributed by atoms with E-state index in [1.807, 2.05) is 18.2 Å². The van der Waals surface area contributed by atoms with Crippen LogP contribution < -0.4 is 14.8 Å². The monoisotopic (exact) mass is 211 g/mol. The molecule has 1 heterocycles. The van der Waals surface area contributed by atoms with Gasteiger partial charge in [0.1, 0.15) is 13.2 Å². The Hall–Kier alpha value is -0.870. The molecule has 0 fully saturated rings. The van der Waals surface area contributed by atoms with E-state index in [0.29, 0.717) is 19.1 Å². The summed E-state index contributed by atoms with van der Waals surface area (Å²) in [4.78, 5) is 0. The fourth-order valence-corrected chi connectivity index (χ4v) is 1.51. The number of fused-ring (bicyclic) bond motifs is 1. The van der Waals surface area contributed by atoms with Gasteiger partial charge in [-0.15, -0.1) is 0 Å². The van der Waals surface area contributed by atoms with Crippen LogP contribution in [0.2, 0.25) is 0 Å². The largest absolute Gasteiger partial charge is 0.486 e. The predicted molar refractivity (Wildman–Crippen MR) is 58.1 cm³/mol. The molecule has 1 N–H and O–H groups in total. The first kappa shape index (κ1) is 9.68. The number of rotatable bonds is 3. The van der Waals surface area contributed by atoms with E-state index in [4.69, 9.17) is 9.47 Å². The summed E-state index contributed by atoms with van der Waals surface area (Å²) in [7, 11) is 0. The van der Waals surface area contributed by atoms with E-state index in [1.165, 1.54) is 5.56 Å². The first-order valence-corrected chi connectivity index (χ1v) is 5.23. The van der Waals surface area contributed by atoms with Crippen molar-refractivity contribution in [3.63, 3.8) is 0 Å². The number of benzene rings is 1. The van der Waals surface area contributed by atoms with Crippen molar-refractivity contribution in [3.8, 4) is 11.5 Å². The number of hydrogen-bond acceptors (Lipinski definition) is 4. The Kier molecular flexibility index (Phi) is 3.16. The fourth-order valence-electron chi connectivity index (χ4n) is 1.40. The molecule has 3 nitrogen and oxygen atoms in total. The Balaban J connectivity index is 2.12. The van der Waals surface area contributed by atoms with Crippen molar-refractivity contribution in [3.05, 3.63) is 23.8 Å². The van der Waals surface area contributed by atoms with E-state index >= 15 is 0 Å². The molecule has 0 radical (unpaired) electrons. The van der Waals surface area contributed by atoms with Crippen molar-refractivity contribution in [1.29, 1.82) is 0 Å². The van der Waals surface area contributed by atoms with E-state index in [0.717, 1.165) is 18.0 Å². The van der Waals surface area contributed by atoms with Gasteiger partial charge in [-0.1, -0.05) is 6.07 Å². The van der Waals surface area contributed by atoms with Crippen molar-refractivity contribution < 1.29 is 9.47 Å². The molecule has 14 heavy (non-hydrogen) atoms. The van der Waals surface area contributed by atoms with Gasteiger partial charge < -0.3 is 14.8 Å². The third-order valence-corrected chi connectivity index (χ3v) is 2.27.